The Morgan fingerprint density at radius 2 is 2.07 bits per heavy atom. The number of benzene rings is 1. The van der Waals surface area contributed by atoms with Crippen molar-refractivity contribution < 1.29 is 14.7 Å². The minimum atomic E-state index is -0.741. The van der Waals surface area contributed by atoms with Gasteiger partial charge in [0.15, 0.2) is 0 Å². The minimum Gasteiger partial charge on any atom is -0.481 e. The van der Waals surface area contributed by atoms with Gasteiger partial charge < -0.3 is 5.11 Å². The van der Waals surface area contributed by atoms with Gasteiger partial charge in [-0.05, 0) is 5.56 Å². The van der Waals surface area contributed by atoms with Gasteiger partial charge in [0.1, 0.15) is 0 Å². The highest BCUT2D eigenvalue weighted by molar-refractivity contribution is 5.71. The lowest BCUT2D eigenvalue weighted by atomic mass is 10.0. The van der Waals surface area contributed by atoms with Gasteiger partial charge in [0.2, 0.25) is 0 Å². The first kappa shape index (κ1) is 10.1. The number of hydrogen-bond acceptors (Lipinski definition) is 3. The van der Waals surface area contributed by atoms with Gasteiger partial charge in [0, 0.05) is 13.1 Å². The van der Waals surface area contributed by atoms with Crippen LogP contribution in [0.2, 0.25) is 0 Å². The van der Waals surface area contributed by atoms with Crippen LogP contribution in [-0.2, 0) is 16.2 Å². The third kappa shape index (κ3) is 2.55. The Balaban J connectivity index is 1.71. The first-order valence-corrected chi connectivity index (χ1v) is 4.90. The molecule has 0 aromatic heterocycles. The molecule has 0 aliphatic carbocycles. The average Bonchev–Trinajstić information content (AvgIpc) is 2.16. The highest BCUT2D eigenvalue weighted by Gasteiger charge is 2.33. The van der Waals surface area contributed by atoms with E-state index in [9.17, 15) is 4.79 Å². The van der Waals surface area contributed by atoms with Crippen molar-refractivity contribution in [1.29, 1.82) is 0 Å². The number of rotatable bonds is 4. The summed E-state index contributed by atoms with van der Waals surface area (Å²) in [5.74, 6) is -1.00. The molecule has 1 aromatic carbocycles. The zero-order valence-electron chi connectivity index (χ0n) is 8.30. The lowest BCUT2D eigenvalue weighted by Gasteiger charge is -2.35. The van der Waals surface area contributed by atoms with Crippen molar-refractivity contribution >= 4 is 5.97 Å². The van der Waals surface area contributed by atoms with Gasteiger partial charge in [-0.15, -0.1) is 0 Å². The fourth-order valence-electron chi connectivity index (χ4n) is 1.44. The van der Waals surface area contributed by atoms with Crippen molar-refractivity contribution in [3.63, 3.8) is 0 Å². The fraction of sp³-hybridized carbons (Fsp3) is 0.364. The second-order valence-electron chi connectivity index (χ2n) is 3.64. The van der Waals surface area contributed by atoms with Gasteiger partial charge in [0.25, 0.3) is 0 Å². The molecule has 0 spiro atoms. The van der Waals surface area contributed by atoms with E-state index in [1.54, 1.807) is 5.06 Å². The van der Waals surface area contributed by atoms with Crippen LogP contribution in [0.3, 0.4) is 0 Å². The largest absolute Gasteiger partial charge is 0.481 e. The third-order valence-electron chi connectivity index (χ3n) is 2.45. The molecule has 2 rings (SSSR count). The van der Waals surface area contributed by atoms with Gasteiger partial charge in [-0.3, -0.25) is 9.63 Å². The molecule has 0 amide bonds. The number of carboxylic acid groups (broad SMARTS) is 1. The highest BCUT2D eigenvalue weighted by atomic mass is 16.7. The lowest BCUT2D eigenvalue weighted by molar-refractivity contribution is -0.231. The maximum Gasteiger partial charge on any atom is 0.309 e. The van der Waals surface area contributed by atoms with Crippen molar-refractivity contribution in [2.45, 2.75) is 6.61 Å². The molecule has 0 atom stereocenters. The van der Waals surface area contributed by atoms with Crippen LogP contribution in [0.1, 0.15) is 5.56 Å². The van der Waals surface area contributed by atoms with E-state index in [1.165, 1.54) is 0 Å². The molecule has 0 unspecified atom stereocenters. The summed E-state index contributed by atoms with van der Waals surface area (Å²) in [6, 6.07) is 9.82. The third-order valence-corrected chi connectivity index (χ3v) is 2.45. The topological polar surface area (TPSA) is 49.8 Å². The molecule has 80 valence electrons. The molecule has 0 bridgehead atoms. The molecule has 15 heavy (non-hydrogen) atoms. The Kier molecular flexibility index (Phi) is 2.99. The van der Waals surface area contributed by atoms with E-state index in [-0.39, 0.29) is 5.92 Å². The molecule has 1 saturated heterocycles. The minimum absolute atomic E-state index is 0.263. The van der Waals surface area contributed by atoms with Crippen LogP contribution in [0, 0.1) is 5.92 Å². The van der Waals surface area contributed by atoms with Crippen molar-refractivity contribution in [3.8, 4) is 0 Å². The standard InChI is InChI=1S/C11H13NO3/c13-11(14)10-6-12(7-10)15-8-9-4-2-1-3-5-9/h1-5,10H,6-8H2,(H,13,14). The Labute approximate surface area is 88.0 Å². The summed E-state index contributed by atoms with van der Waals surface area (Å²) < 4.78 is 0. The van der Waals surface area contributed by atoms with Crippen molar-refractivity contribution in [1.82, 2.24) is 5.06 Å². The molecular weight excluding hydrogens is 194 g/mol. The first-order chi connectivity index (χ1) is 7.25. The first-order valence-electron chi connectivity index (χ1n) is 4.90. The maximum atomic E-state index is 10.5. The maximum absolute atomic E-state index is 10.5. The van der Waals surface area contributed by atoms with Crippen LogP contribution in [-0.4, -0.2) is 29.2 Å². The number of carbonyl (C=O) groups is 1. The molecular formula is C11H13NO3. The molecule has 0 radical (unpaired) electrons. The van der Waals surface area contributed by atoms with Crippen LogP contribution in [0.4, 0.5) is 0 Å². The second-order valence-corrected chi connectivity index (χ2v) is 3.64. The molecule has 1 aromatic rings. The quantitative estimate of drug-likeness (QED) is 0.804. The average molecular weight is 207 g/mol. The van der Waals surface area contributed by atoms with Gasteiger partial charge in [-0.2, -0.15) is 5.06 Å². The molecule has 0 saturated carbocycles. The van der Waals surface area contributed by atoms with E-state index >= 15 is 0 Å². The van der Waals surface area contributed by atoms with Gasteiger partial charge in [0.05, 0.1) is 12.5 Å². The van der Waals surface area contributed by atoms with Crippen LogP contribution in [0.25, 0.3) is 0 Å². The van der Waals surface area contributed by atoms with E-state index in [0.29, 0.717) is 19.7 Å². The Morgan fingerprint density at radius 1 is 1.40 bits per heavy atom. The summed E-state index contributed by atoms with van der Waals surface area (Å²) in [5.41, 5.74) is 1.09. The number of hydroxylamine groups is 2. The summed E-state index contributed by atoms with van der Waals surface area (Å²) in [4.78, 5) is 15.9. The predicted octanol–water partition coefficient (Wildman–Crippen LogP) is 1.13. The summed E-state index contributed by atoms with van der Waals surface area (Å²) in [7, 11) is 0. The van der Waals surface area contributed by atoms with Gasteiger partial charge >= 0.3 is 5.97 Å². The summed E-state index contributed by atoms with van der Waals surface area (Å²) in [5, 5.41) is 10.3. The second kappa shape index (κ2) is 4.42. The SMILES string of the molecule is O=C(O)C1CN(OCc2ccccc2)C1. The normalized spacial score (nSPS) is 17.3. The summed E-state index contributed by atoms with van der Waals surface area (Å²) in [6.45, 7) is 1.48. The molecule has 1 N–H and O–H groups in total. The predicted molar refractivity (Wildman–Crippen MR) is 53.9 cm³/mol. The van der Waals surface area contributed by atoms with Crippen molar-refractivity contribution in [3.05, 3.63) is 35.9 Å². The zero-order valence-corrected chi connectivity index (χ0v) is 8.30. The lowest BCUT2D eigenvalue weighted by Crippen LogP contribution is -2.49. The molecule has 4 heteroatoms. The van der Waals surface area contributed by atoms with E-state index in [0.717, 1.165) is 5.56 Å². The van der Waals surface area contributed by atoms with E-state index < -0.39 is 5.97 Å². The van der Waals surface area contributed by atoms with Crippen LogP contribution in [0.5, 0.6) is 0 Å². The van der Waals surface area contributed by atoms with Crippen molar-refractivity contribution in [2.75, 3.05) is 13.1 Å². The van der Waals surface area contributed by atoms with Crippen LogP contribution < -0.4 is 0 Å². The molecule has 1 heterocycles. The number of nitrogens with zero attached hydrogens (tertiary/aromatic N) is 1. The van der Waals surface area contributed by atoms with E-state index in [1.807, 2.05) is 30.3 Å². The number of hydrogen-bond donors (Lipinski definition) is 1. The molecule has 1 aliphatic heterocycles. The number of carboxylic acids is 1. The number of aliphatic carboxylic acids is 1. The van der Waals surface area contributed by atoms with E-state index in [4.69, 9.17) is 9.94 Å². The summed E-state index contributed by atoms with van der Waals surface area (Å²) in [6.07, 6.45) is 0. The van der Waals surface area contributed by atoms with Crippen LogP contribution >= 0.6 is 0 Å². The van der Waals surface area contributed by atoms with Gasteiger partial charge in [-0.25, -0.2) is 0 Å². The molecule has 1 aliphatic rings. The van der Waals surface area contributed by atoms with Gasteiger partial charge in [-0.1, -0.05) is 30.3 Å². The Morgan fingerprint density at radius 3 is 2.67 bits per heavy atom. The van der Waals surface area contributed by atoms with Crippen LogP contribution in [0.15, 0.2) is 30.3 Å². The monoisotopic (exact) mass is 207 g/mol. The van der Waals surface area contributed by atoms with E-state index in [2.05, 4.69) is 0 Å². The molecule has 1 fully saturated rings. The zero-order chi connectivity index (χ0) is 10.7. The van der Waals surface area contributed by atoms with Crippen molar-refractivity contribution in [2.24, 2.45) is 5.92 Å². The summed E-state index contributed by atoms with van der Waals surface area (Å²) >= 11 is 0. The highest BCUT2D eigenvalue weighted by Crippen LogP contribution is 2.16. The fourth-order valence-corrected chi connectivity index (χ4v) is 1.44. The molecule has 4 nitrogen and oxygen atoms in total. The smallest absolute Gasteiger partial charge is 0.309 e. The Bertz CT molecular complexity index is 333. The Hall–Kier alpha value is -1.39.